The van der Waals surface area contributed by atoms with Crippen LogP contribution in [0.15, 0.2) is 36.4 Å². The summed E-state index contributed by atoms with van der Waals surface area (Å²) in [5.41, 5.74) is 0.525. The van der Waals surface area contributed by atoms with Gasteiger partial charge in [-0.3, -0.25) is 0 Å². The van der Waals surface area contributed by atoms with Crippen LogP contribution in [0.4, 0.5) is 20.3 Å². The van der Waals surface area contributed by atoms with Crippen molar-refractivity contribution in [1.29, 1.82) is 0 Å². The van der Waals surface area contributed by atoms with Gasteiger partial charge in [-0.1, -0.05) is 23.7 Å². The third-order valence-corrected chi connectivity index (χ3v) is 3.29. The summed E-state index contributed by atoms with van der Waals surface area (Å²) in [6, 6.07) is 8.82. The molecule has 0 spiro atoms. The second-order valence-corrected chi connectivity index (χ2v) is 4.97. The van der Waals surface area contributed by atoms with Gasteiger partial charge >= 0.3 is 0 Å². The Morgan fingerprint density at radius 2 is 1.76 bits per heavy atom. The molecule has 0 aliphatic heterocycles. The predicted molar refractivity (Wildman–Crippen MR) is 79.2 cm³/mol. The minimum absolute atomic E-state index is 0.00911. The molecule has 1 aromatic heterocycles. The summed E-state index contributed by atoms with van der Waals surface area (Å²) >= 11 is 11.7. The van der Waals surface area contributed by atoms with Crippen LogP contribution in [0.3, 0.4) is 0 Å². The Labute approximate surface area is 128 Å². The normalized spacial score (nSPS) is 10.9. The highest BCUT2D eigenvalue weighted by atomic mass is 35.5. The summed E-state index contributed by atoms with van der Waals surface area (Å²) in [5.74, 6) is -1.29. The van der Waals surface area contributed by atoms with Crippen LogP contribution >= 0.6 is 23.2 Å². The molecule has 1 heterocycles. The molecular formula is C14H7Cl2F2N3. The molecule has 1 N–H and O–H groups in total. The predicted octanol–water partition coefficient (Wildman–Crippen LogP) is 4.96. The smallest absolute Gasteiger partial charge is 0.224 e. The molecule has 0 saturated carbocycles. The molecule has 0 aliphatic carbocycles. The van der Waals surface area contributed by atoms with E-state index in [1.165, 1.54) is 0 Å². The Balaban J connectivity index is 2.15. The molecule has 0 bridgehead atoms. The van der Waals surface area contributed by atoms with E-state index in [1.807, 2.05) is 0 Å². The van der Waals surface area contributed by atoms with E-state index in [0.29, 0.717) is 10.9 Å². The maximum Gasteiger partial charge on any atom is 0.224 e. The molecule has 0 saturated heterocycles. The Bertz CT molecular complexity index is 817. The van der Waals surface area contributed by atoms with Crippen molar-refractivity contribution in [3.05, 3.63) is 58.3 Å². The lowest BCUT2D eigenvalue weighted by Crippen LogP contribution is -2.00. The molecule has 0 aliphatic rings. The molecule has 106 valence electrons. The number of halogens is 4. The van der Waals surface area contributed by atoms with Crippen molar-refractivity contribution in [3.63, 3.8) is 0 Å². The van der Waals surface area contributed by atoms with E-state index in [2.05, 4.69) is 15.3 Å². The molecule has 0 amide bonds. The molecule has 7 heteroatoms. The number of nitrogens with one attached hydrogen (secondary N) is 1. The van der Waals surface area contributed by atoms with Gasteiger partial charge in [-0.15, -0.1) is 0 Å². The summed E-state index contributed by atoms with van der Waals surface area (Å²) in [6.45, 7) is 0. The molecule has 3 nitrogen and oxygen atoms in total. The lowest BCUT2D eigenvalue weighted by molar-refractivity contribution is 0.586. The molecule has 21 heavy (non-hydrogen) atoms. The number of rotatable bonds is 2. The first kappa shape index (κ1) is 14.0. The molecule has 3 rings (SSSR count). The van der Waals surface area contributed by atoms with E-state index in [1.54, 1.807) is 24.3 Å². The fraction of sp³-hybridized carbons (Fsp3) is 0. The highest BCUT2D eigenvalue weighted by Gasteiger charge is 2.13. The van der Waals surface area contributed by atoms with Crippen LogP contribution in [-0.4, -0.2) is 9.97 Å². The number of anilines is 2. The average Bonchev–Trinajstić information content (AvgIpc) is 2.42. The van der Waals surface area contributed by atoms with Gasteiger partial charge in [0.1, 0.15) is 11.6 Å². The molecule has 0 radical (unpaired) electrons. The first-order valence-corrected chi connectivity index (χ1v) is 6.64. The summed E-state index contributed by atoms with van der Waals surface area (Å²) in [5, 5.41) is 3.30. The van der Waals surface area contributed by atoms with Gasteiger partial charge in [0.2, 0.25) is 5.28 Å². The standard InChI is InChI=1S/C14H7Cl2F2N3/c15-9-5-7(17)6-10(18)12(9)20-13-8-3-1-2-4-11(8)19-14(16)21-13/h1-6H,(H,19,20,21). The van der Waals surface area contributed by atoms with Crippen LogP contribution < -0.4 is 5.32 Å². The zero-order chi connectivity index (χ0) is 15.0. The van der Waals surface area contributed by atoms with Crippen molar-refractivity contribution in [2.45, 2.75) is 0 Å². The zero-order valence-corrected chi connectivity index (χ0v) is 11.9. The third kappa shape index (κ3) is 2.75. The maximum absolute atomic E-state index is 13.8. The van der Waals surface area contributed by atoms with Crippen LogP contribution in [0.2, 0.25) is 10.3 Å². The quantitative estimate of drug-likeness (QED) is 0.677. The molecule has 3 aromatic rings. The van der Waals surface area contributed by atoms with Gasteiger partial charge in [-0.05, 0) is 29.8 Å². The first-order valence-electron chi connectivity index (χ1n) is 5.88. The second-order valence-electron chi connectivity index (χ2n) is 4.23. The number of hydrogen-bond donors (Lipinski definition) is 1. The highest BCUT2D eigenvalue weighted by Crippen LogP contribution is 2.31. The largest absolute Gasteiger partial charge is 0.336 e. The maximum atomic E-state index is 13.8. The molecule has 0 unspecified atom stereocenters. The van der Waals surface area contributed by atoms with E-state index in [-0.39, 0.29) is 21.8 Å². The second kappa shape index (κ2) is 5.42. The zero-order valence-electron chi connectivity index (χ0n) is 10.4. The van der Waals surface area contributed by atoms with E-state index in [0.717, 1.165) is 12.1 Å². The Morgan fingerprint density at radius 3 is 2.52 bits per heavy atom. The minimum atomic E-state index is -0.821. The SMILES string of the molecule is Fc1cc(F)c(Nc2nc(Cl)nc3ccccc23)c(Cl)c1. The Kier molecular flexibility index (Phi) is 3.61. The minimum Gasteiger partial charge on any atom is -0.336 e. The average molecular weight is 326 g/mol. The van der Waals surface area contributed by atoms with Gasteiger partial charge in [0.15, 0.2) is 5.82 Å². The van der Waals surface area contributed by atoms with Gasteiger partial charge in [0.25, 0.3) is 0 Å². The number of para-hydroxylation sites is 1. The Hall–Kier alpha value is -1.98. The topological polar surface area (TPSA) is 37.8 Å². The molecule has 2 aromatic carbocycles. The van der Waals surface area contributed by atoms with Crippen LogP contribution in [-0.2, 0) is 0 Å². The first-order chi connectivity index (χ1) is 10.0. The van der Waals surface area contributed by atoms with Gasteiger partial charge in [-0.2, -0.15) is 4.98 Å². The van der Waals surface area contributed by atoms with Crippen molar-refractivity contribution in [1.82, 2.24) is 9.97 Å². The number of aromatic nitrogens is 2. The summed E-state index contributed by atoms with van der Waals surface area (Å²) < 4.78 is 26.9. The van der Waals surface area contributed by atoms with Crippen molar-refractivity contribution in [2.75, 3.05) is 5.32 Å². The van der Waals surface area contributed by atoms with E-state index in [4.69, 9.17) is 23.2 Å². The van der Waals surface area contributed by atoms with Crippen LogP contribution in [0, 0.1) is 11.6 Å². The summed E-state index contributed by atoms with van der Waals surface area (Å²) in [4.78, 5) is 8.09. The van der Waals surface area contributed by atoms with Crippen LogP contribution in [0.1, 0.15) is 0 Å². The van der Waals surface area contributed by atoms with E-state index >= 15 is 0 Å². The number of nitrogens with zero attached hydrogens (tertiary/aromatic N) is 2. The lowest BCUT2D eigenvalue weighted by Gasteiger charge is -2.11. The summed E-state index contributed by atoms with van der Waals surface area (Å²) in [6.07, 6.45) is 0. The van der Waals surface area contributed by atoms with Gasteiger partial charge in [0.05, 0.1) is 16.2 Å². The number of benzene rings is 2. The van der Waals surface area contributed by atoms with Gasteiger partial charge in [0, 0.05) is 11.5 Å². The molecule has 0 fully saturated rings. The monoisotopic (exact) mass is 325 g/mol. The number of fused-ring (bicyclic) bond motifs is 1. The fourth-order valence-electron chi connectivity index (χ4n) is 1.92. The lowest BCUT2D eigenvalue weighted by atomic mass is 10.2. The Morgan fingerprint density at radius 1 is 1.00 bits per heavy atom. The van der Waals surface area contributed by atoms with Crippen LogP contribution in [0.25, 0.3) is 10.9 Å². The third-order valence-electron chi connectivity index (χ3n) is 2.83. The van der Waals surface area contributed by atoms with Crippen molar-refractivity contribution in [2.24, 2.45) is 0 Å². The number of hydrogen-bond acceptors (Lipinski definition) is 3. The highest BCUT2D eigenvalue weighted by molar-refractivity contribution is 6.33. The molecular weight excluding hydrogens is 319 g/mol. The van der Waals surface area contributed by atoms with Gasteiger partial charge < -0.3 is 5.32 Å². The van der Waals surface area contributed by atoms with Crippen LogP contribution in [0.5, 0.6) is 0 Å². The van der Waals surface area contributed by atoms with E-state index < -0.39 is 11.6 Å². The fourth-order valence-corrected chi connectivity index (χ4v) is 2.34. The van der Waals surface area contributed by atoms with E-state index in [9.17, 15) is 8.78 Å². The van der Waals surface area contributed by atoms with Crippen molar-refractivity contribution in [3.8, 4) is 0 Å². The van der Waals surface area contributed by atoms with Crippen molar-refractivity contribution >= 4 is 45.6 Å². The van der Waals surface area contributed by atoms with Crippen molar-refractivity contribution < 1.29 is 8.78 Å². The van der Waals surface area contributed by atoms with Gasteiger partial charge in [-0.25, -0.2) is 13.8 Å². The molecule has 0 atom stereocenters. The summed E-state index contributed by atoms with van der Waals surface area (Å²) in [7, 11) is 0.